The van der Waals surface area contributed by atoms with Gasteiger partial charge in [-0.25, -0.2) is 0 Å². The van der Waals surface area contributed by atoms with Gasteiger partial charge in [-0.15, -0.1) is 0 Å². The van der Waals surface area contributed by atoms with Gasteiger partial charge in [0.05, 0.1) is 27.5 Å². The fraction of sp³-hybridized carbons (Fsp3) is 0. The zero-order valence-electron chi connectivity index (χ0n) is 21.8. The first kappa shape index (κ1) is 22.2. The second-order valence-electron chi connectivity index (χ2n) is 10.4. The lowest BCUT2D eigenvalue weighted by atomic mass is 10.00. The van der Waals surface area contributed by atoms with Crippen molar-refractivity contribution in [3.63, 3.8) is 0 Å². The summed E-state index contributed by atoms with van der Waals surface area (Å²) in [5.74, 6) is 0. The lowest BCUT2D eigenvalue weighted by Gasteiger charge is -2.11. The summed E-state index contributed by atoms with van der Waals surface area (Å²) in [6.45, 7) is 0. The first-order valence-electron chi connectivity index (χ1n) is 13.6. The third-order valence-electron chi connectivity index (χ3n) is 8.21. The summed E-state index contributed by atoms with van der Waals surface area (Å²) < 4.78 is 15.2. The molecular weight excluding hydrogens is 506 g/mol. The molecule has 0 radical (unpaired) electrons. The van der Waals surface area contributed by atoms with E-state index in [2.05, 4.69) is 41.0 Å². The summed E-state index contributed by atoms with van der Waals surface area (Å²) in [7, 11) is 0. The molecule has 3 aromatic heterocycles. The van der Waals surface area contributed by atoms with E-state index < -0.39 is 0 Å². The fourth-order valence-electron chi connectivity index (χ4n) is 6.38. The number of furan rings is 1. The van der Waals surface area contributed by atoms with Crippen molar-refractivity contribution in [3.8, 4) is 16.8 Å². The molecule has 4 heteroatoms. The molecule has 0 aliphatic rings. The molecule has 0 atom stereocenters. The number of fused-ring (bicyclic) bond motifs is 9. The van der Waals surface area contributed by atoms with E-state index in [0.29, 0.717) is 21.9 Å². The molecule has 9 aromatic rings. The summed E-state index contributed by atoms with van der Waals surface area (Å²) in [5, 5.41) is 5.56. The number of rotatable bonds is 2. The van der Waals surface area contributed by atoms with Crippen molar-refractivity contribution in [1.82, 2.24) is 4.57 Å². The molecule has 6 aromatic carbocycles. The van der Waals surface area contributed by atoms with Crippen molar-refractivity contribution < 1.29 is 8.83 Å². The maximum atomic E-state index is 13.9. The molecule has 9 rings (SSSR count). The molecule has 0 amide bonds. The van der Waals surface area contributed by atoms with E-state index in [9.17, 15) is 4.79 Å². The Morgan fingerprint density at radius 2 is 1.24 bits per heavy atom. The maximum absolute atomic E-state index is 13.9. The van der Waals surface area contributed by atoms with Gasteiger partial charge in [-0.05, 0) is 47.5 Å². The van der Waals surface area contributed by atoms with E-state index in [4.69, 9.17) is 8.83 Å². The Hall–Kier alpha value is -5.61. The number of nitrogens with zero attached hydrogens (tertiary/aromatic N) is 1. The second kappa shape index (κ2) is 8.20. The molecule has 192 valence electrons. The molecule has 0 saturated carbocycles. The summed E-state index contributed by atoms with van der Waals surface area (Å²) >= 11 is 0. The Kier molecular flexibility index (Phi) is 4.44. The molecule has 0 spiro atoms. The summed E-state index contributed by atoms with van der Waals surface area (Å²) in [6.07, 6.45) is 0. The first-order valence-corrected chi connectivity index (χ1v) is 13.6. The van der Waals surface area contributed by atoms with E-state index in [1.54, 1.807) is 0 Å². The van der Waals surface area contributed by atoms with E-state index >= 15 is 0 Å². The molecule has 0 aliphatic carbocycles. The van der Waals surface area contributed by atoms with Crippen LogP contribution in [0.3, 0.4) is 0 Å². The van der Waals surface area contributed by atoms with E-state index in [-0.39, 0.29) is 5.43 Å². The van der Waals surface area contributed by atoms with Crippen LogP contribution < -0.4 is 5.43 Å². The number of hydrogen-bond donors (Lipinski definition) is 0. The van der Waals surface area contributed by atoms with Gasteiger partial charge in [0.15, 0.2) is 5.58 Å². The van der Waals surface area contributed by atoms with Crippen molar-refractivity contribution in [2.24, 2.45) is 0 Å². The minimum absolute atomic E-state index is 0.0332. The summed E-state index contributed by atoms with van der Waals surface area (Å²) in [5.41, 5.74) is 7.60. The van der Waals surface area contributed by atoms with Gasteiger partial charge in [0.2, 0.25) is 5.43 Å². The van der Waals surface area contributed by atoms with Gasteiger partial charge in [-0.2, -0.15) is 0 Å². The number of hydrogen-bond acceptors (Lipinski definition) is 3. The van der Waals surface area contributed by atoms with Crippen molar-refractivity contribution in [3.05, 3.63) is 138 Å². The number of para-hydroxylation sites is 2. The SMILES string of the molecule is O=c1c2ccc(-n3c4ccccc4c4ccc5c6ccccc6oc5c43)cc2oc2cccc(-c3ccccc3)c12. The largest absolute Gasteiger partial charge is 0.456 e. The van der Waals surface area contributed by atoms with Gasteiger partial charge < -0.3 is 13.4 Å². The third-order valence-corrected chi connectivity index (χ3v) is 8.21. The van der Waals surface area contributed by atoms with E-state index in [1.807, 2.05) is 91.0 Å². The van der Waals surface area contributed by atoms with Crippen LogP contribution in [0.5, 0.6) is 0 Å². The summed E-state index contributed by atoms with van der Waals surface area (Å²) in [6, 6.07) is 42.5. The smallest absolute Gasteiger partial charge is 0.201 e. The van der Waals surface area contributed by atoms with Crippen LogP contribution in [0.25, 0.3) is 82.5 Å². The summed E-state index contributed by atoms with van der Waals surface area (Å²) in [4.78, 5) is 13.9. The van der Waals surface area contributed by atoms with Crippen LogP contribution in [-0.4, -0.2) is 4.57 Å². The van der Waals surface area contributed by atoms with Crippen LogP contribution in [0, 0.1) is 0 Å². The van der Waals surface area contributed by atoms with Gasteiger partial charge in [0.1, 0.15) is 16.7 Å². The van der Waals surface area contributed by atoms with Crippen LogP contribution in [0.1, 0.15) is 0 Å². The molecule has 0 fully saturated rings. The highest BCUT2D eigenvalue weighted by Crippen LogP contribution is 2.40. The second-order valence-corrected chi connectivity index (χ2v) is 10.4. The van der Waals surface area contributed by atoms with Gasteiger partial charge in [-0.3, -0.25) is 4.79 Å². The van der Waals surface area contributed by atoms with Gasteiger partial charge in [0, 0.05) is 27.6 Å². The van der Waals surface area contributed by atoms with Crippen LogP contribution in [0.4, 0.5) is 0 Å². The fourth-order valence-corrected chi connectivity index (χ4v) is 6.38. The Bertz CT molecular complexity index is 2550. The minimum Gasteiger partial charge on any atom is -0.456 e. The van der Waals surface area contributed by atoms with Crippen molar-refractivity contribution in [2.45, 2.75) is 0 Å². The van der Waals surface area contributed by atoms with Gasteiger partial charge in [-0.1, -0.05) is 84.9 Å². The zero-order valence-corrected chi connectivity index (χ0v) is 21.8. The Balaban J connectivity index is 1.37. The van der Waals surface area contributed by atoms with Crippen LogP contribution >= 0.6 is 0 Å². The molecule has 0 unspecified atom stereocenters. The Labute approximate surface area is 233 Å². The molecule has 3 heterocycles. The molecule has 0 N–H and O–H groups in total. The lowest BCUT2D eigenvalue weighted by Crippen LogP contribution is -2.04. The van der Waals surface area contributed by atoms with Gasteiger partial charge in [0.25, 0.3) is 0 Å². The highest BCUT2D eigenvalue weighted by atomic mass is 16.3. The molecule has 0 aliphatic heterocycles. The first-order chi connectivity index (χ1) is 20.3. The minimum atomic E-state index is -0.0332. The highest BCUT2D eigenvalue weighted by Gasteiger charge is 2.20. The molecule has 0 bridgehead atoms. The van der Waals surface area contributed by atoms with Crippen LogP contribution in [0.15, 0.2) is 141 Å². The number of aromatic nitrogens is 1. The molecular formula is C37H21NO3. The average Bonchev–Trinajstić information content (AvgIpc) is 3.57. The maximum Gasteiger partial charge on any atom is 0.201 e. The van der Waals surface area contributed by atoms with E-state index in [1.165, 1.54) is 0 Å². The van der Waals surface area contributed by atoms with Crippen LogP contribution in [0.2, 0.25) is 0 Å². The van der Waals surface area contributed by atoms with Crippen molar-refractivity contribution in [2.75, 3.05) is 0 Å². The van der Waals surface area contributed by atoms with Crippen molar-refractivity contribution >= 4 is 65.7 Å². The monoisotopic (exact) mass is 527 g/mol. The predicted octanol–water partition coefficient (Wildman–Crippen LogP) is 9.61. The quantitative estimate of drug-likeness (QED) is 0.210. The average molecular weight is 528 g/mol. The Morgan fingerprint density at radius 1 is 0.512 bits per heavy atom. The van der Waals surface area contributed by atoms with Crippen molar-refractivity contribution in [1.29, 1.82) is 0 Å². The normalized spacial score (nSPS) is 12.0. The molecule has 41 heavy (non-hydrogen) atoms. The Morgan fingerprint density at radius 3 is 2.15 bits per heavy atom. The standard InChI is InChI=1S/C37H21NO3/c39-36-29-18-17-23(21-33(29)40-32-16-8-13-24(34(32)36)22-9-2-1-3-10-22)38-30-14-6-4-11-25(30)27-19-20-28-26-12-5-7-15-31(26)41-37(28)35(27)38/h1-21H. The lowest BCUT2D eigenvalue weighted by molar-refractivity contribution is 0.659. The van der Waals surface area contributed by atoms with Gasteiger partial charge >= 0.3 is 0 Å². The molecule has 4 nitrogen and oxygen atoms in total. The van der Waals surface area contributed by atoms with Crippen LogP contribution in [-0.2, 0) is 0 Å². The highest BCUT2D eigenvalue weighted by molar-refractivity contribution is 6.21. The third kappa shape index (κ3) is 3.07. The predicted molar refractivity (Wildman–Crippen MR) is 167 cm³/mol. The number of benzene rings is 6. The topological polar surface area (TPSA) is 48.3 Å². The molecule has 0 saturated heterocycles. The van der Waals surface area contributed by atoms with E-state index in [0.717, 1.165) is 60.6 Å². The zero-order chi connectivity index (χ0) is 27.1.